The van der Waals surface area contributed by atoms with Crippen LogP contribution in [0.25, 0.3) is 49.7 Å². The van der Waals surface area contributed by atoms with Crippen LogP contribution in [0.3, 0.4) is 0 Å². The van der Waals surface area contributed by atoms with E-state index in [-0.39, 0.29) is 24.0 Å². The maximum absolute atomic E-state index is 10.1. The molecule has 2 unspecified atom stereocenters. The summed E-state index contributed by atoms with van der Waals surface area (Å²) in [6.07, 6.45) is 2.67. The zero-order valence-electron chi connectivity index (χ0n) is 23.9. The molecule has 3 heterocycles. The Morgan fingerprint density at radius 2 is 1.61 bits per heavy atom. The lowest BCUT2D eigenvalue weighted by atomic mass is 9.81. The summed E-state index contributed by atoms with van der Waals surface area (Å²) in [4.78, 5) is 5.17. The van der Waals surface area contributed by atoms with Crippen molar-refractivity contribution in [1.29, 1.82) is 0 Å². The minimum Gasteiger partial charge on any atom is -0.396 e. The molecule has 0 aliphatic carbocycles. The summed E-state index contributed by atoms with van der Waals surface area (Å²) in [5.41, 5.74) is 7.99. The van der Waals surface area contributed by atoms with Crippen molar-refractivity contribution in [3.05, 3.63) is 103 Å². The van der Waals surface area contributed by atoms with Gasteiger partial charge in [0.15, 0.2) is 5.69 Å². The first-order valence-electron chi connectivity index (χ1n) is 14.5. The third-order valence-electron chi connectivity index (χ3n) is 8.32. The Bertz CT molecular complexity index is 1880. The molecule has 41 heavy (non-hydrogen) atoms. The Morgan fingerprint density at radius 3 is 2.37 bits per heavy atom. The number of benzene rings is 4. The van der Waals surface area contributed by atoms with E-state index in [4.69, 9.17) is 9.72 Å². The van der Waals surface area contributed by atoms with Crippen LogP contribution in [0.4, 0.5) is 0 Å². The fraction of sp³-hybridized carbons (Fsp3) is 0.278. The van der Waals surface area contributed by atoms with E-state index in [0.717, 1.165) is 33.3 Å². The van der Waals surface area contributed by atoms with Crippen molar-refractivity contribution in [2.75, 3.05) is 19.8 Å². The van der Waals surface area contributed by atoms with Gasteiger partial charge in [0.05, 0.1) is 24.1 Å². The summed E-state index contributed by atoms with van der Waals surface area (Å²) < 4.78 is 11.1. The largest absolute Gasteiger partial charge is 0.396 e. The molecule has 2 atom stereocenters. The summed E-state index contributed by atoms with van der Waals surface area (Å²) in [5, 5.41) is 13.7. The van der Waals surface area contributed by atoms with Crippen LogP contribution < -0.4 is 4.57 Å². The molecule has 0 amide bonds. The Morgan fingerprint density at radius 1 is 0.902 bits per heavy atom. The molecule has 5 nitrogen and oxygen atoms in total. The third-order valence-corrected chi connectivity index (χ3v) is 8.32. The Labute approximate surface area is 240 Å². The highest BCUT2D eigenvalue weighted by Crippen LogP contribution is 2.44. The maximum atomic E-state index is 10.1. The molecule has 0 spiro atoms. The molecule has 206 valence electrons. The van der Waals surface area contributed by atoms with Gasteiger partial charge in [-0.1, -0.05) is 87.5 Å². The summed E-state index contributed by atoms with van der Waals surface area (Å²) >= 11 is 0. The van der Waals surface area contributed by atoms with E-state index in [0.29, 0.717) is 19.6 Å². The summed E-state index contributed by atoms with van der Waals surface area (Å²) in [6.45, 7) is 7.93. The van der Waals surface area contributed by atoms with Crippen molar-refractivity contribution in [3.63, 3.8) is 0 Å². The van der Waals surface area contributed by atoms with E-state index in [2.05, 4.69) is 121 Å². The number of nitrogens with zero attached hydrogens (tertiary/aromatic N) is 3. The minimum absolute atomic E-state index is 0.00704. The lowest BCUT2D eigenvalue weighted by molar-refractivity contribution is -0.721. The highest BCUT2D eigenvalue weighted by Gasteiger charge is 2.40. The van der Waals surface area contributed by atoms with Gasteiger partial charge in [0.25, 0.3) is 6.33 Å². The highest BCUT2D eigenvalue weighted by atomic mass is 16.5. The number of aromatic nitrogens is 3. The van der Waals surface area contributed by atoms with E-state index in [1.807, 2.05) is 6.33 Å². The number of para-hydroxylation sites is 1. The molecular formula is C36H36N3O2+. The van der Waals surface area contributed by atoms with Gasteiger partial charge in [-0.3, -0.25) is 0 Å². The molecule has 1 N–H and O–H groups in total. The van der Waals surface area contributed by atoms with Crippen LogP contribution in [0.5, 0.6) is 0 Å². The number of hydrogen-bond donors (Lipinski definition) is 1. The van der Waals surface area contributed by atoms with E-state index in [1.54, 1.807) is 0 Å². The summed E-state index contributed by atoms with van der Waals surface area (Å²) in [5.74, 6) is 0.116. The van der Waals surface area contributed by atoms with Crippen molar-refractivity contribution in [2.45, 2.75) is 39.2 Å². The van der Waals surface area contributed by atoms with Gasteiger partial charge in [-0.25, -0.2) is 4.57 Å². The van der Waals surface area contributed by atoms with Crippen LogP contribution in [0.2, 0.25) is 0 Å². The van der Waals surface area contributed by atoms with Crippen molar-refractivity contribution in [2.24, 2.45) is 5.41 Å². The molecular weight excluding hydrogens is 506 g/mol. The molecule has 0 fully saturated rings. The van der Waals surface area contributed by atoms with Crippen molar-refractivity contribution < 1.29 is 14.4 Å². The van der Waals surface area contributed by atoms with Crippen LogP contribution in [-0.2, 0) is 4.74 Å². The normalized spacial score (nSPS) is 16.8. The molecule has 0 saturated heterocycles. The molecule has 0 bridgehead atoms. The number of hydrogen-bond acceptors (Lipinski definition) is 3. The number of fused-ring (bicyclic) bond motifs is 8. The highest BCUT2D eigenvalue weighted by molar-refractivity contribution is 6.14. The third kappa shape index (κ3) is 4.41. The van der Waals surface area contributed by atoms with Gasteiger partial charge < -0.3 is 14.4 Å². The lowest BCUT2D eigenvalue weighted by Crippen LogP contribution is -2.50. The minimum atomic E-state index is 0.00704. The van der Waals surface area contributed by atoms with Gasteiger partial charge in [0.1, 0.15) is 11.6 Å². The van der Waals surface area contributed by atoms with Crippen LogP contribution in [0, 0.1) is 5.41 Å². The topological polar surface area (TPSA) is 51.2 Å². The van der Waals surface area contributed by atoms with E-state index in [1.165, 1.54) is 21.9 Å². The predicted molar refractivity (Wildman–Crippen MR) is 165 cm³/mol. The summed E-state index contributed by atoms with van der Waals surface area (Å²) in [7, 11) is 0. The molecule has 0 radical (unpaired) electrons. The van der Waals surface area contributed by atoms with Crippen LogP contribution in [0.1, 0.15) is 44.7 Å². The van der Waals surface area contributed by atoms with Crippen LogP contribution >= 0.6 is 0 Å². The molecule has 2 aromatic heterocycles. The van der Waals surface area contributed by atoms with Crippen LogP contribution in [-0.4, -0.2) is 34.5 Å². The Balaban J connectivity index is 1.57. The zero-order valence-corrected chi connectivity index (χ0v) is 23.9. The number of ether oxygens (including phenoxy) is 1. The van der Waals surface area contributed by atoms with Crippen molar-refractivity contribution in [1.82, 2.24) is 9.55 Å². The van der Waals surface area contributed by atoms with Crippen LogP contribution in [0.15, 0.2) is 97.3 Å². The first kappa shape index (κ1) is 25.9. The van der Waals surface area contributed by atoms with Gasteiger partial charge in [-0.15, -0.1) is 0 Å². The summed E-state index contributed by atoms with van der Waals surface area (Å²) in [6, 6.07) is 32.4. The van der Waals surface area contributed by atoms with Gasteiger partial charge >= 0.3 is 0 Å². The predicted octanol–water partition coefficient (Wildman–Crippen LogP) is 7.37. The zero-order chi connectivity index (χ0) is 28.1. The molecule has 1 aliphatic heterocycles. The molecule has 5 heteroatoms. The first-order valence-corrected chi connectivity index (χ1v) is 14.5. The lowest BCUT2D eigenvalue weighted by Gasteiger charge is -2.33. The second-order valence-electron chi connectivity index (χ2n) is 12.4. The maximum Gasteiger partial charge on any atom is 0.287 e. The fourth-order valence-electron chi connectivity index (χ4n) is 6.58. The van der Waals surface area contributed by atoms with Crippen molar-refractivity contribution >= 4 is 32.7 Å². The van der Waals surface area contributed by atoms with Gasteiger partial charge in [0.2, 0.25) is 5.52 Å². The standard InChI is InChI=1S/C36H36N3O2/c1-36(2,3)22-41-21-32-28(17-18-40)27-15-9-10-16-29(27)34-35-33(37-23-38(32)34)30-19-24-11-7-8-12-25(24)20-31(30)39(35)26-13-5-4-6-14-26/h4-16,19-20,23,28,32,40H,17-18,21-22H2,1-3H3/q+1. The fourth-order valence-corrected chi connectivity index (χ4v) is 6.58. The average Bonchev–Trinajstić information content (AvgIpc) is 3.30. The molecule has 1 aliphatic rings. The molecule has 0 saturated carbocycles. The molecule has 7 rings (SSSR count). The number of rotatable bonds is 6. The van der Waals surface area contributed by atoms with E-state index >= 15 is 0 Å². The Kier molecular flexibility index (Phi) is 6.37. The average molecular weight is 543 g/mol. The second-order valence-corrected chi connectivity index (χ2v) is 12.4. The molecule has 6 aromatic rings. The van der Waals surface area contributed by atoms with Gasteiger partial charge in [0, 0.05) is 23.8 Å². The number of aliphatic hydroxyl groups excluding tert-OH is 1. The SMILES string of the molecule is CC(C)(C)COCC1C(CCO)c2ccccc2-c2c3c(nc[n+]21)c1cc2ccccc2cc1n3-c1ccccc1. The Hall–Kier alpha value is -4.06. The van der Waals surface area contributed by atoms with E-state index in [9.17, 15) is 5.11 Å². The van der Waals surface area contributed by atoms with Gasteiger partial charge in [-0.05, 0) is 57.4 Å². The second kappa shape index (κ2) is 10.1. The monoisotopic (exact) mass is 542 g/mol. The van der Waals surface area contributed by atoms with Crippen molar-refractivity contribution in [3.8, 4) is 16.9 Å². The van der Waals surface area contributed by atoms with Gasteiger partial charge in [-0.2, -0.15) is 0 Å². The number of aliphatic hydroxyl groups is 1. The smallest absolute Gasteiger partial charge is 0.287 e. The molecule has 4 aromatic carbocycles. The quantitative estimate of drug-likeness (QED) is 0.224. The first-order chi connectivity index (χ1) is 19.9. The van der Waals surface area contributed by atoms with E-state index < -0.39 is 0 Å².